The van der Waals surface area contributed by atoms with E-state index in [1.165, 1.54) is 6.42 Å². The smallest absolute Gasteiger partial charge is 0.330 e. The van der Waals surface area contributed by atoms with Crippen LogP contribution in [0.25, 0.3) is 0 Å². The second-order valence-corrected chi connectivity index (χ2v) is 4.83. The van der Waals surface area contributed by atoms with Crippen LogP contribution in [0.1, 0.15) is 39.5 Å². The summed E-state index contributed by atoms with van der Waals surface area (Å²) in [6.45, 7) is 5.38. The summed E-state index contributed by atoms with van der Waals surface area (Å²) in [5.41, 5.74) is 2.70. The van der Waals surface area contributed by atoms with Crippen molar-refractivity contribution < 1.29 is 14.7 Å². The van der Waals surface area contributed by atoms with E-state index in [4.69, 9.17) is 5.11 Å². The lowest BCUT2D eigenvalue weighted by molar-refractivity contribution is -0.140. The van der Waals surface area contributed by atoms with Gasteiger partial charge in [0.15, 0.2) is 0 Å². The number of nitrogens with one attached hydrogen (secondary N) is 2. The van der Waals surface area contributed by atoms with E-state index in [1.54, 1.807) is 0 Å². The van der Waals surface area contributed by atoms with E-state index < -0.39 is 18.0 Å². The fraction of sp³-hybridized carbons (Fsp3) is 0.833. The van der Waals surface area contributed by atoms with Crippen LogP contribution in [-0.4, -0.2) is 41.2 Å². The molecule has 6 nitrogen and oxygen atoms in total. The minimum atomic E-state index is -0.988. The Kier molecular flexibility index (Phi) is 5.91. The molecule has 6 heteroatoms. The summed E-state index contributed by atoms with van der Waals surface area (Å²) in [4.78, 5) is 22.8. The maximum atomic E-state index is 11.7. The lowest BCUT2D eigenvalue weighted by atomic mass is 10.00. The molecular weight excluding hydrogens is 234 g/mol. The maximum absolute atomic E-state index is 11.7. The molecule has 1 rings (SSSR count). The first-order chi connectivity index (χ1) is 8.54. The first-order valence-electron chi connectivity index (χ1n) is 6.59. The summed E-state index contributed by atoms with van der Waals surface area (Å²) in [6, 6.07) is -1.26. The van der Waals surface area contributed by atoms with E-state index >= 15 is 0 Å². The predicted octanol–water partition coefficient (Wildman–Crippen LogP) is 1.19. The van der Waals surface area contributed by atoms with Gasteiger partial charge < -0.3 is 10.4 Å². The molecule has 0 bridgehead atoms. The molecule has 0 aromatic rings. The molecule has 2 amide bonds. The van der Waals surface area contributed by atoms with E-state index in [2.05, 4.69) is 10.7 Å². The van der Waals surface area contributed by atoms with Gasteiger partial charge in [-0.15, -0.1) is 0 Å². The van der Waals surface area contributed by atoms with E-state index in [-0.39, 0.29) is 5.92 Å². The number of carbonyl (C=O) groups excluding carboxylic acids is 1. The number of piperidine rings is 1. The quantitative estimate of drug-likeness (QED) is 0.691. The van der Waals surface area contributed by atoms with Crippen molar-refractivity contribution in [2.45, 2.75) is 45.6 Å². The van der Waals surface area contributed by atoms with Crippen LogP contribution in [0.5, 0.6) is 0 Å². The van der Waals surface area contributed by atoms with Crippen molar-refractivity contribution in [1.29, 1.82) is 0 Å². The minimum Gasteiger partial charge on any atom is -0.480 e. The van der Waals surface area contributed by atoms with Gasteiger partial charge in [0, 0.05) is 13.1 Å². The van der Waals surface area contributed by atoms with Crippen molar-refractivity contribution in [3.8, 4) is 0 Å². The van der Waals surface area contributed by atoms with Crippen molar-refractivity contribution >= 4 is 12.0 Å². The molecule has 1 fully saturated rings. The normalized spacial score (nSPS) is 19.9. The number of carbonyl (C=O) groups is 2. The standard InChI is InChI=1S/C12H23N3O3/c1-3-9(2)10(11(16)17)13-12(18)14-15-7-5-4-6-8-15/h9-10H,3-8H2,1-2H3,(H,16,17)(H2,13,14,18)/t9?,10-/m0/s1. The number of hydrogen-bond acceptors (Lipinski definition) is 3. The van der Waals surface area contributed by atoms with Crippen LogP contribution in [0.2, 0.25) is 0 Å². The minimum absolute atomic E-state index is 0.0883. The number of rotatable bonds is 5. The molecule has 0 aromatic carbocycles. The van der Waals surface area contributed by atoms with Crippen molar-refractivity contribution in [3.63, 3.8) is 0 Å². The van der Waals surface area contributed by atoms with Gasteiger partial charge in [-0.05, 0) is 18.8 Å². The summed E-state index contributed by atoms with van der Waals surface area (Å²) in [6.07, 6.45) is 4.02. The van der Waals surface area contributed by atoms with Crippen molar-refractivity contribution in [3.05, 3.63) is 0 Å². The highest BCUT2D eigenvalue weighted by Crippen LogP contribution is 2.08. The molecule has 0 aliphatic carbocycles. The molecule has 1 aliphatic rings. The van der Waals surface area contributed by atoms with Gasteiger partial charge in [-0.25, -0.2) is 14.6 Å². The molecule has 0 spiro atoms. The number of hydrazine groups is 1. The van der Waals surface area contributed by atoms with Crippen LogP contribution in [0.4, 0.5) is 4.79 Å². The third kappa shape index (κ3) is 4.52. The van der Waals surface area contributed by atoms with Crippen LogP contribution in [-0.2, 0) is 4.79 Å². The number of amides is 2. The fourth-order valence-corrected chi connectivity index (χ4v) is 2.01. The van der Waals surface area contributed by atoms with Crippen molar-refractivity contribution in [1.82, 2.24) is 15.8 Å². The molecule has 3 N–H and O–H groups in total. The van der Waals surface area contributed by atoms with Gasteiger partial charge in [0.25, 0.3) is 0 Å². The van der Waals surface area contributed by atoms with Crippen molar-refractivity contribution in [2.75, 3.05) is 13.1 Å². The fourth-order valence-electron chi connectivity index (χ4n) is 2.01. The largest absolute Gasteiger partial charge is 0.480 e. The Morgan fingerprint density at radius 3 is 2.39 bits per heavy atom. The lowest BCUT2D eigenvalue weighted by Gasteiger charge is -2.28. The third-order valence-corrected chi connectivity index (χ3v) is 3.38. The summed E-state index contributed by atoms with van der Waals surface area (Å²) < 4.78 is 0. The number of carboxylic acid groups (broad SMARTS) is 1. The zero-order valence-electron chi connectivity index (χ0n) is 11.1. The number of urea groups is 1. The molecule has 1 unspecified atom stereocenters. The molecular formula is C12H23N3O3. The van der Waals surface area contributed by atoms with Crippen LogP contribution in [0.3, 0.4) is 0 Å². The van der Waals surface area contributed by atoms with Crippen LogP contribution in [0.15, 0.2) is 0 Å². The zero-order chi connectivity index (χ0) is 13.5. The van der Waals surface area contributed by atoms with Gasteiger partial charge >= 0.3 is 12.0 Å². The van der Waals surface area contributed by atoms with E-state index in [1.807, 2.05) is 18.9 Å². The molecule has 18 heavy (non-hydrogen) atoms. The molecule has 1 heterocycles. The Balaban J connectivity index is 2.42. The summed E-state index contributed by atoms with van der Waals surface area (Å²) in [7, 11) is 0. The van der Waals surface area contributed by atoms with Gasteiger partial charge in [0.2, 0.25) is 0 Å². The molecule has 1 aliphatic heterocycles. The van der Waals surface area contributed by atoms with Crippen LogP contribution >= 0.6 is 0 Å². The topological polar surface area (TPSA) is 81.7 Å². The first kappa shape index (κ1) is 14.8. The summed E-state index contributed by atoms with van der Waals surface area (Å²) in [5, 5.41) is 13.4. The van der Waals surface area contributed by atoms with Gasteiger partial charge in [-0.3, -0.25) is 5.43 Å². The molecule has 0 saturated carbocycles. The number of carboxylic acids is 1. The third-order valence-electron chi connectivity index (χ3n) is 3.38. The molecule has 2 atom stereocenters. The molecule has 104 valence electrons. The Bertz CT molecular complexity index is 290. The Hall–Kier alpha value is -1.30. The van der Waals surface area contributed by atoms with Gasteiger partial charge in [0.1, 0.15) is 6.04 Å². The summed E-state index contributed by atoms with van der Waals surface area (Å²) >= 11 is 0. The molecule has 0 radical (unpaired) electrons. The monoisotopic (exact) mass is 257 g/mol. The number of aliphatic carboxylic acids is 1. The number of hydrogen-bond donors (Lipinski definition) is 3. The van der Waals surface area contributed by atoms with Crippen molar-refractivity contribution in [2.24, 2.45) is 5.92 Å². The van der Waals surface area contributed by atoms with E-state index in [0.717, 1.165) is 25.9 Å². The summed E-state index contributed by atoms with van der Waals surface area (Å²) in [5.74, 6) is -1.08. The van der Waals surface area contributed by atoms with Gasteiger partial charge in [-0.1, -0.05) is 26.7 Å². The first-order valence-corrected chi connectivity index (χ1v) is 6.59. The SMILES string of the molecule is CCC(C)[C@H](NC(=O)NN1CCCCC1)C(=O)O. The highest BCUT2D eigenvalue weighted by Gasteiger charge is 2.25. The Labute approximate surface area is 108 Å². The van der Waals surface area contributed by atoms with E-state index in [9.17, 15) is 9.59 Å². The average molecular weight is 257 g/mol. The second-order valence-electron chi connectivity index (χ2n) is 4.83. The van der Waals surface area contributed by atoms with Gasteiger partial charge in [0.05, 0.1) is 0 Å². The Morgan fingerprint density at radius 1 is 1.28 bits per heavy atom. The van der Waals surface area contributed by atoms with Crippen LogP contribution in [0, 0.1) is 5.92 Å². The second kappa shape index (κ2) is 7.20. The van der Waals surface area contributed by atoms with Gasteiger partial charge in [-0.2, -0.15) is 0 Å². The predicted molar refractivity (Wildman–Crippen MR) is 68.0 cm³/mol. The zero-order valence-corrected chi connectivity index (χ0v) is 11.1. The van der Waals surface area contributed by atoms with Crippen LogP contribution < -0.4 is 10.7 Å². The maximum Gasteiger partial charge on any atom is 0.330 e. The highest BCUT2D eigenvalue weighted by molar-refractivity contribution is 5.82. The number of nitrogens with zero attached hydrogens (tertiary/aromatic N) is 1. The lowest BCUT2D eigenvalue weighted by Crippen LogP contribution is -2.54. The highest BCUT2D eigenvalue weighted by atomic mass is 16.4. The molecule has 1 saturated heterocycles. The Morgan fingerprint density at radius 2 is 1.89 bits per heavy atom. The molecule has 0 aromatic heterocycles. The van der Waals surface area contributed by atoms with E-state index in [0.29, 0.717) is 6.42 Å². The average Bonchev–Trinajstić information content (AvgIpc) is 2.36.